The van der Waals surface area contributed by atoms with Gasteiger partial charge in [-0.25, -0.2) is 8.42 Å². The zero-order chi connectivity index (χ0) is 29.0. The lowest BCUT2D eigenvalue weighted by molar-refractivity contribution is -0.120. The molecule has 0 saturated heterocycles. The molecule has 2 aromatic rings. The molecule has 0 aromatic heterocycles. The highest BCUT2D eigenvalue weighted by Gasteiger charge is 2.35. The van der Waals surface area contributed by atoms with Crippen LogP contribution in [0.25, 0.3) is 0 Å². The standard InChI is InChI=1S/C29H38ClN3O6S/c1-19-16-33(20(2)18-34)29(36)25-15-23(31-28(35)21-7-5-4-6-8-21)11-14-26(25)39-27(19)17-32(3)40(37,38)24-12-9-22(30)10-13-24/h9-15,19-21,27,34H,4-8,16-18H2,1-3H3,(H,31,35)/t19-,20-,27+/m1/s1. The van der Waals surface area contributed by atoms with Crippen molar-refractivity contribution in [3.8, 4) is 5.75 Å². The molecule has 2 N–H and O–H groups in total. The van der Waals surface area contributed by atoms with Gasteiger partial charge in [0.1, 0.15) is 11.9 Å². The maximum atomic E-state index is 13.7. The Morgan fingerprint density at radius 2 is 1.85 bits per heavy atom. The maximum absolute atomic E-state index is 13.7. The number of hydrogen-bond acceptors (Lipinski definition) is 6. The molecule has 0 unspecified atom stereocenters. The van der Waals surface area contributed by atoms with Gasteiger partial charge in [0, 0.05) is 36.1 Å². The first-order chi connectivity index (χ1) is 19.0. The number of amides is 2. The van der Waals surface area contributed by atoms with Crippen LogP contribution in [-0.2, 0) is 14.8 Å². The predicted molar refractivity (Wildman–Crippen MR) is 154 cm³/mol. The van der Waals surface area contributed by atoms with E-state index in [-0.39, 0.29) is 53.8 Å². The number of nitrogens with one attached hydrogen (secondary N) is 1. The second kappa shape index (κ2) is 12.9. The number of hydrogen-bond donors (Lipinski definition) is 2. The van der Waals surface area contributed by atoms with Gasteiger partial charge < -0.3 is 20.1 Å². The number of likely N-dealkylation sites (N-methyl/N-ethyl adjacent to an activating group) is 1. The minimum Gasteiger partial charge on any atom is -0.488 e. The Morgan fingerprint density at radius 1 is 1.18 bits per heavy atom. The van der Waals surface area contributed by atoms with Gasteiger partial charge >= 0.3 is 0 Å². The third-order valence-electron chi connectivity index (χ3n) is 7.87. The first-order valence-corrected chi connectivity index (χ1v) is 15.6. The molecule has 2 aromatic carbocycles. The van der Waals surface area contributed by atoms with E-state index in [0.29, 0.717) is 16.5 Å². The highest BCUT2D eigenvalue weighted by Crippen LogP contribution is 2.32. The number of sulfonamides is 1. The van der Waals surface area contributed by atoms with Gasteiger partial charge in [0.25, 0.3) is 5.91 Å². The molecule has 9 nitrogen and oxygen atoms in total. The van der Waals surface area contributed by atoms with Crippen LogP contribution >= 0.6 is 11.6 Å². The average molecular weight is 592 g/mol. The average Bonchev–Trinajstić information content (AvgIpc) is 2.95. The number of aliphatic hydroxyl groups is 1. The summed E-state index contributed by atoms with van der Waals surface area (Å²) in [5, 5.41) is 13.3. The minimum atomic E-state index is -3.83. The van der Waals surface area contributed by atoms with Gasteiger partial charge in [0.05, 0.1) is 29.7 Å². The molecule has 2 aliphatic rings. The molecular weight excluding hydrogens is 554 g/mol. The lowest BCUT2D eigenvalue weighted by Crippen LogP contribution is -2.50. The van der Waals surface area contributed by atoms with Crippen LogP contribution in [0.4, 0.5) is 5.69 Å². The summed E-state index contributed by atoms with van der Waals surface area (Å²) in [7, 11) is -2.34. The highest BCUT2D eigenvalue weighted by atomic mass is 35.5. The number of carbonyl (C=O) groups excluding carboxylic acids is 2. The molecule has 0 radical (unpaired) electrons. The Bertz CT molecular complexity index is 1310. The van der Waals surface area contributed by atoms with Crippen LogP contribution in [0.5, 0.6) is 5.75 Å². The summed E-state index contributed by atoms with van der Waals surface area (Å²) in [6.45, 7) is 3.69. The van der Waals surface area contributed by atoms with Gasteiger partial charge in [-0.05, 0) is 62.2 Å². The third kappa shape index (κ3) is 6.79. The van der Waals surface area contributed by atoms with E-state index < -0.39 is 22.2 Å². The Morgan fingerprint density at radius 3 is 2.50 bits per heavy atom. The SMILES string of the molecule is C[C@@H]1CN([C@H](C)CO)C(=O)c2cc(NC(=O)C3CCCCC3)ccc2O[C@H]1CN(C)S(=O)(=O)c1ccc(Cl)cc1. The summed E-state index contributed by atoms with van der Waals surface area (Å²) < 4.78 is 34.1. The summed E-state index contributed by atoms with van der Waals surface area (Å²) >= 11 is 5.94. The topological polar surface area (TPSA) is 116 Å². The maximum Gasteiger partial charge on any atom is 0.258 e. The molecule has 218 valence electrons. The number of benzene rings is 2. The summed E-state index contributed by atoms with van der Waals surface area (Å²) in [6.07, 6.45) is 4.31. The summed E-state index contributed by atoms with van der Waals surface area (Å²) in [5.74, 6) is -0.390. The Hall–Kier alpha value is -2.66. The molecule has 1 aliphatic heterocycles. The van der Waals surface area contributed by atoms with E-state index in [0.717, 1.165) is 32.1 Å². The number of aliphatic hydroxyl groups excluding tert-OH is 1. The lowest BCUT2D eigenvalue weighted by atomic mass is 9.88. The lowest BCUT2D eigenvalue weighted by Gasteiger charge is -2.38. The second-order valence-corrected chi connectivity index (χ2v) is 13.4. The van der Waals surface area contributed by atoms with Crippen molar-refractivity contribution in [2.75, 3.05) is 32.1 Å². The van der Waals surface area contributed by atoms with Crippen molar-refractivity contribution in [3.05, 3.63) is 53.1 Å². The van der Waals surface area contributed by atoms with Crippen molar-refractivity contribution in [2.24, 2.45) is 11.8 Å². The molecule has 11 heteroatoms. The fourth-order valence-corrected chi connectivity index (χ4v) is 6.57. The molecule has 0 bridgehead atoms. The largest absolute Gasteiger partial charge is 0.488 e. The van der Waals surface area contributed by atoms with Crippen LogP contribution in [0, 0.1) is 11.8 Å². The number of rotatable bonds is 8. The van der Waals surface area contributed by atoms with Crippen LogP contribution in [-0.4, -0.2) is 73.4 Å². The molecule has 4 rings (SSSR count). The molecule has 1 saturated carbocycles. The molecule has 3 atom stereocenters. The summed E-state index contributed by atoms with van der Waals surface area (Å²) in [6, 6.07) is 10.4. The molecule has 0 spiro atoms. The number of fused-ring (bicyclic) bond motifs is 1. The van der Waals surface area contributed by atoms with Crippen LogP contribution in [0.15, 0.2) is 47.4 Å². The molecule has 1 fully saturated rings. The van der Waals surface area contributed by atoms with Crippen molar-refractivity contribution in [1.29, 1.82) is 0 Å². The highest BCUT2D eigenvalue weighted by molar-refractivity contribution is 7.89. The van der Waals surface area contributed by atoms with Crippen LogP contribution < -0.4 is 10.1 Å². The quantitative estimate of drug-likeness (QED) is 0.470. The molecule has 1 aliphatic carbocycles. The Balaban J connectivity index is 1.62. The van der Waals surface area contributed by atoms with Crippen molar-refractivity contribution < 1.29 is 27.9 Å². The number of nitrogens with zero attached hydrogens (tertiary/aromatic N) is 2. The zero-order valence-electron chi connectivity index (χ0n) is 23.2. The van der Waals surface area contributed by atoms with Gasteiger partial charge in [0.2, 0.25) is 15.9 Å². The van der Waals surface area contributed by atoms with Gasteiger partial charge in [-0.3, -0.25) is 9.59 Å². The van der Waals surface area contributed by atoms with E-state index in [1.165, 1.54) is 35.6 Å². The number of carbonyl (C=O) groups is 2. The summed E-state index contributed by atoms with van der Waals surface area (Å²) in [5.41, 5.74) is 0.748. The monoisotopic (exact) mass is 591 g/mol. The van der Waals surface area contributed by atoms with Crippen molar-refractivity contribution >= 4 is 39.1 Å². The van der Waals surface area contributed by atoms with E-state index >= 15 is 0 Å². The number of ether oxygens (including phenoxy) is 1. The van der Waals surface area contributed by atoms with E-state index in [4.69, 9.17) is 16.3 Å². The third-order valence-corrected chi connectivity index (χ3v) is 9.96. The first kappa shape index (κ1) is 30.3. The van der Waals surface area contributed by atoms with Crippen molar-refractivity contribution in [3.63, 3.8) is 0 Å². The Labute approximate surface area is 241 Å². The van der Waals surface area contributed by atoms with Crippen molar-refractivity contribution in [1.82, 2.24) is 9.21 Å². The van der Waals surface area contributed by atoms with E-state index in [1.807, 2.05) is 6.92 Å². The smallest absolute Gasteiger partial charge is 0.258 e. The second-order valence-electron chi connectivity index (χ2n) is 10.9. The van der Waals surface area contributed by atoms with Gasteiger partial charge in [-0.15, -0.1) is 0 Å². The molecular formula is C29H38ClN3O6S. The van der Waals surface area contributed by atoms with Crippen LogP contribution in [0.3, 0.4) is 0 Å². The van der Waals surface area contributed by atoms with Crippen LogP contribution in [0.1, 0.15) is 56.3 Å². The van der Waals surface area contributed by atoms with Crippen molar-refractivity contribution in [2.45, 2.75) is 63.0 Å². The fraction of sp³-hybridized carbons (Fsp3) is 0.517. The van der Waals surface area contributed by atoms with E-state index in [9.17, 15) is 23.1 Å². The zero-order valence-corrected chi connectivity index (χ0v) is 24.7. The van der Waals surface area contributed by atoms with Gasteiger partial charge in [0.15, 0.2) is 0 Å². The van der Waals surface area contributed by atoms with Gasteiger partial charge in [-0.2, -0.15) is 4.31 Å². The number of halogens is 1. The van der Waals surface area contributed by atoms with Gasteiger partial charge in [-0.1, -0.05) is 37.8 Å². The summed E-state index contributed by atoms with van der Waals surface area (Å²) in [4.78, 5) is 28.2. The minimum absolute atomic E-state index is 0.0290. The van der Waals surface area contributed by atoms with E-state index in [2.05, 4.69) is 5.32 Å². The molecule has 2 amide bonds. The fourth-order valence-electron chi connectivity index (χ4n) is 5.27. The predicted octanol–water partition coefficient (Wildman–Crippen LogP) is 4.40. The van der Waals surface area contributed by atoms with E-state index in [1.54, 1.807) is 30.0 Å². The number of anilines is 1. The first-order valence-electron chi connectivity index (χ1n) is 13.8. The normalized spacial score (nSPS) is 21.2. The van der Waals surface area contributed by atoms with Crippen LogP contribution in [0.2, 0.25) is 5.02 Å². The Kier molecular flexibility index (Phi) is 9.76. The molecule has 1 heterocycles. The molecule has 40 heavy (non-hydrogen) atoms.